The Balaban J connectivity index is 0.925. The average molecular weight is 767 g/mol. The van der Waals surface area contributed by atoms with E-state index in [4.69, 9.17) is 0 Å². The van der Waals surface area contributed by atoms with E-state index >= 15 is 0 Å². The van der Waals surface area contributed by atoms with Crippen LogP contribution >= 0.6 is 0 Å². The largest absolute Gasteiger partial charge is 0.310 e. The van der Waals surface area contributed by atoms with Gasteiger partial charge in [0.15, 0.2) is 0 Å². The van der Waals surface area contributed by atoms with Crippen molar-refractivity contribution in [2.45, 2.75) is 12.3 Å². The highest BCUT2D eigenvalue weighted by Gasteiger charge is 2.17. The van der Waals surface area contributed by atoms with Gasteiger partial charge < -0.3 is 9.47 Å². The zero-order valence-electron chi connectivity index (χ0n) is 33.2. The Morgan fingerprint density at radius 3 is 1.67 bits per heavy atom. The maximum Gasteiger partial charge on any atom is 0.0547 e. The van der Waals surface area contributed by atoms with Gasteiger partial charge in [0.05, 0.1) is 11.0 Å². The molecule has 1 aliphatic rings. The third-order valence-electron chi connectivity index (χ3n) is 12.1. The summed E-state index contributed by atoms with van der Waals surface area (Å²) in [5, 5.41) is 5.12. The summed E-state index contributed by atoms with van der Waals surface area (Å²) in [5.74, 6) is 0.449. The zero-order valence-corrected chi connectivity index (χ0v) is 33.2. The Kier molecular flexibility index (Phi) is 9.02. The van der Waals surface area contributed by atoms with Crippen LogP contribution in [0.1, 0.15) is 17.9 Å². The van der Waals surface area contributed by atoms with Gasteiger partial charge in [0.25, 0.3) is 0 Å². The lowest BCUT2D eigenvalue weighted by Crippen LogP contribution is -2.10. The molecule has 0 saturated heterocycles. The van der Waals surface area contributed by atoms with Crippen molar-refractivity contribution in [2.75, 3.05) is 4.90 Å². The number of rotatable bonds is 8. The van der Waals surface area contributed by atoms with Gasteiger partial charge in [-0.05, 0) is 117 Å². The molecule has 60 heavy (non-hydrogen) atoms. The number of benzene rings is 9. The van der Waals surface area contributed by atoms with Gasteiger partial charge in [-0.15, -0.1) is 0 Å². The van der Waals surface area contributed by atoms with Crippen molar-refractivity contribution in [2.24, 2.45) is 0 Å². The number of hydrogen-bond acceptors (Lipinski definition) is 1. The van der Waals surface area contributed by atoms with Crippen molar-refractivity contribution >= 4 is 49.6 Å². The molecule has 9 aromatic carbocycles. The van der Waals surface area contributed by atoms with Crippen LogP contribution in [0.15, 0.2) is 237 Å². The summed E-state index contributed by atoms with van der Waals surface area (Å²) in [4.78, 5) is 2.36. The number of hydrogen-bond donors (Lipinski definition) is 0. The summed E-state index contributed by atoms with van der Waals surface area (Å²) >= 11 is 0. The Morgan fingerprint density at radius 2 is 0.983 bits per heavy atom. The molecule has 1 atom stereocenters. The minimum atomic E-state index is 0.449. The molecule has 0 spiro atoms. The lowest BCUT2D eigenvalue weighted by molar-refractivity contribution is 0.854. The molecule has 1 aromatic heterocycles. The van der Waals surface area contributed by atoms with Crippen LogP contribution in [0, 0.1) is 0 Å². The van der Waals surface area contributed by atoms with Crippen LogP contribution < -0.4 is 4.90 Å². The maximum absolute atomic E-state index is 2.40. The fraction of sp³-hybridized carbons (Fsp3) is 0.0345. The first-order valence-electron chi connectivity index (χ1n) is 20.9. The molecule has 2 nitrogen and oxygen atoms in total. The quantitative estimate of drug-likeness (QED) is 0.150. The van der Waals surface area contributed by atoms with Crippen LogP contribution in [0.3, 0.4) is 0 Å². The predicted octanol–water partition coefficient (Wildman–Crippen LogP) is 16.0. The van der Waals surface area contributed by atoms with Crippen LogP contribution in [-0.2, 0) is 0 Å². The average Bonchev–Trinajstić information content (AvgIpc) is 3.68. The molecule has 2 heteroatoms. The monoisotopic (exact) mass is 766 g/mol. The van der Waals surface area contributed by atoms with E-state index in [1.54, 1.807) is 0 Å². The third-order valence-corrected chi connectivity index (χ3v) is 12.1. The predicted molar refractivity (Wildman–Crippen MR) is 255 cm³/mol. The molecule has 1 aliphatic carbocycles. The molecule has 1 heterocycles. The van der Waals surface area contributed by atoms with Crippen molar-refractivity contribution in [3.05, 3.63) is 242 Å². The van der Waals surface area contributed by atoms with E-state index in [2.05, 4.69) is 246 Å². The second-order valence-electron chi connectivity index (χ2n) is 15.7. The highest BCUT2D eigenvalue weighted by molar-refractivity contribution is 6.21. The minimum absolute atomic E-state index is 0.449. The van der Waals surface area contributed by atoms with E-state index in [1.165, 1.54) is 71.5 Å². The molecule has 0 aliphatic heterocycles. The molecule has 0 fully saturated rings. The maximum atomic E-state index is 2.40. The van der Waals surface area contributed by atoms with Crippen LogP contribution in [0.5, 0.6) is 0 Å². The lowest BCUT2D eigenvalue weighted by atomic mass is 9.91. The van der Waals surface area contributed by atoms with E-state index in [1.807, 2.05) is 0 Å². The summed E-state index contributed by atoms with van der Waals surface area (Å²) in [5.41, 5.74) is 15.4. The van der Waals surface area contributed by atoms with Gasteiger partial charge in [-0.25, -0.2) is 0 Å². The fourth-order valence-corrected chi connectivity index (χ4v) is 9.08. The van der Waals surface area contributed by atoms with E-state index in [0.29, 0.717) is 5.92 Å². The summed E-state index contributed by atoms with van der Waals surface area (Å²) < 4.78 is 2.40. The Bertz CT molecular complexity index is 3190. The molecule has 0 bridgehead atoms. The summed E-state index contributed by atoms with van der Waals surface area (Å²) in [6.07, 6.45) is 9.89. The van der Waals surface area contributed by atoms with Gasteiger partial charge in [0, 0.05) is 39.4 Å². The fourth-order valence-electron chi connectivity index (χ4n) is 9.08. The number of nitrogens with zero attached hydrogens (tertiary/aromatic N) is 2. The van der Waals surface area contributed by atoms with Gasteiger partial charge >= 0.3 is 0 Å². The summed E-state index contributed by atoms with van der Waals surface area (Å²) in [6.45, 7) is 0. The van der Waals surface area contributed by atoms with Crippen molar-refractivity contribution in [1.29, 1.82) is 0 Å². The number of anilines is 3. The van der Waals surface area contributed by atoms with Gasteiger partial charge in [-0.2, -0.15) is 0 Å². The number of fused-ring (bicyclic) bond motifs is 5. The molecule has 10 aromatic rings. The van der Waals surface area contributed by atoms with Gasteiger partial charge in [0.2, 0.25) is 0 Å². The van der Waals surface area contributed by atoms with Gasteiger partial charge in [-0.1, -0.05) is 176 Å². The van der Waals surface area contributed by atoms with Crippen LogP contribution in [0.2, 0.25) is 0 Å². The second-order valence-corrected chi connectivity index (χ2v) is 15.7. The van der Waals surface area contributed by atoms with Crippen molar-refractivity contribution < 1.29 is 0 Å². The topological polar surface area (TPSA) is 8.17 Å². The first kappa shape index (κ1) is 35.5. The van der Waals surface area contributed by atoms with E-state index in [0.717, 1.165) is 29.2 Å². The van der Waals surface area contributed by atoms with E-state index < -0.39 is 0 Å². The van der Waals surface area contributed by atoms with Crippen LogP contribution in [-0.4, -0.2) is 4.57 Å². The van der Waals surface area contributed by atoms with Gasteiger partial charge in [0.1, 0.15) is 0 Å². The second kappa shape index (κ2) is 15.2. The Labute approximate surface area is 351 Å². The van der Waals surface area contributed by atoms with Crippen LogP contribution in [0.25, 0.3) is 71.6 Å². The summed E-state index contributed by atoms with van der Waals surface area (Å²) in [6, 6.07) is 77.5. The molecule has 0 radical (unpaired) electrons. The smallest absolute Gasteiger partial charge is 0.0547 e. The first-order valence-corrected chi connectivity index (χ1v) is 20.9. The SMILES string of the molecule is C1=CCC(c2ccc(-c3ccc(N(c4ccc(-c5ccc(-n6c7ccccc7c7c8ccccc8ccc76)cc5)cc4)c4cccc(-c5ccccc5)c4)cc3)cc2)C=C1. The van der Waals surface area contributed by atoms with Crippen molar-refractivity contribution in [3.8, 4) is 39.1 Å². The van der Waals surface area contributed by atoms with Crippen LogP contribution in [0.4, 0.5) is 17.1 Å². The van der Waals surface area contributed by atoms with E-state index in [9.17, 15) is 0 Å². The molecular formula is C58H42N2. The van der Waals surface area contributed by atoms with Crippen molar-refractivity contribution in [1.82, 2.24) is 4.57 Å². The molecule has 284 valence electrons. The number of aromatic nitrogens is 1. The molecule has 11 rings (SSSR count). The molecule has 0 amide bonds. The first-order chi connectivity index (χ1) is 29.7. The summed E-state index contributed by atoms with van der Waals surface area (Å²) in [7, 11) is 0. The van der Waals surface area contributed by atoms with E-state index in [-0.39, 0.29) is 0 Å². The molecule has 0 saturated carbocycles. The number of allylic oxidation sites excluding steroid dienone is 4. The lowest BCUT2D eigenvalue weighted by Gasteiger charge is -2.26. The molecule has 0 N–H and O–H groups in total. The Hall–Kier alpha value is -7.68. The Morgan fingerprint density at radius 1 is 0.400 bits per heavy atom. The standard InChI is InChI=1S/C58H42N2/c1-3-12-41(13-4-1)43-22-24-44(25-23-43)45-26-33-50(34-27-45)59(53-18-11-17-49(40-53)42-14-5-2-6-15-42)51-35-28-46(29-36-51)47-30-37-52(38-31-47)60-56-21-10-9-20-55(56)58-54-19-8-7-16-48(54)32-39-57(58)60/h1-12,14-41H,13H2. The van der Waals surface area contributed by atoms with Crippen molar-refractivity contribution in [3.63, 3.8) is 0 Å². The molecular weight excluding hydrogens is 725 g/mol. The normalized spacial score (nSPS) is 13.6. The van der Waals surface area contributed by atoms with Gasteiger partial charge in [-0.3, -0.25) is 0 Å². The molecule has 1 unspecified atom stereocenters. The minimum Gasteiger partial charge on any atom is -0.310 e. The number of para-hydroxylation sites is 1. The third kappa shape index (κ3) is 6.49. The highest BCUT2D eigenvalue weighted by Crippen LogP contribution is 2.40. The highest BCUT2D eigenvalue weighted by atomic mass is 15.1. The zero-order chi connectivity index (χ0) is 39.8.